The molecule has 0 aromatic carbocycles. The van der Waals surface area contributed by atoms with E-state index in [9.17, 15) is 0 Å². The number of nitrogens with zero attached hydrogens (tertiary/aromatic N) is 6. The molecule has 0 aromatic heterocycles. The van der Waals surface area contributed by atoms with Gasteiger partial charge in [-0.25, -0.2) is 0 Å². The molecule has 0 unspecified atom stereocenters. The molecule has 0 aromatic rings. The summed E-state index contributed by atoms with van der Waals surface area (Å²) in [5.74, 6) is 0. The average molecular weight is 239 g/mol. The van der Waals surface area contributed by atoms with E-state index in [1.54, 1.807) is 0 Å². The van der Waals surface area contributed by atoms with Crippen LogP contribution in [0.5, 0.6) is 0 Å². The minimum absolute atomic E-state index is 0. The van der Waals surface area contributed by atoms with E-state index in [0.29, 0.717) is 0 Å². The molecule has 0 amide bonds. The van der Waals surface area contributed by atoms with Gasteiger partial charge in [0.2, 0.25) is 0 Å². The molecule has 0 rings (SSSR count). The monoisotopic (exact) mass is 239 g/mol. The molecule has 0 heterocycles. The quantitative estimate of drug-likeness (QED) is 0.531. The maximum Gasteiger partial charge on any atom is 3.00 e. The minimum atomic E-state index is -6.17. The summed E-state index contributed by atoms with van der Waals surface area (Å²) < 4.78 is 0. The van der Waals surface area contributed by atoms with E-state index >= 15 is 0 Å². The third-order valence-electron chi connectivity index (χ3n) is 1.19. The van der Waals surface area contributed by atoms with Gasteiger partial charge in [-0.15, -0.1) is 0 Å². The maximum atomic E-state index is 8.58. The molecule has 0 atom stereocenters. The Kier molecular flexibility index (Phi) is 3.15. The average Bonchev–Trinajstić information content (AvgIpc) is 2.26. The Balaban J connectivity index is 0. The Bertz CT molecular complexity index is 392. The van der Waals surface area contributed by atoms with Crippen LogP contribution >= 0.6 is 0 Å². The smallest absolute Gasteiger partial charge is 3.00 e. The van der Waals surface area contributed by atoms with Crippen molar-refractivity contribution in [1.82, 2.24) is 0 Å². The van der Waals surface area contributed by atoms with Gasteiger partial charge in [-0.2, -0.15) is 0 Å². The third kappa shape index (κ3) is 1.03. The summed E-state index contributed by atoms with van der Waals surface area (Å²) in [6.45, 7) is 0. The van der Waals surface area contributed by atoms with Gasteiger partial charge in [0.25, 0.3) is 0 Å². The molecular formula is C6AlFeN6. The summed E-state index contributed by atoms with van der Waals surface area (Å²) in [6.07, 6.45) is 0. The molecule has 0 N–H and O–H groups in total. The molecule has 0 fully saturated rings. The molecule has 0 aliphatic rings. The minimum Gasteiger partial charge on any atom is 3.00 e. The summed E-state index contributed by atoms with van der Waals surface area (Å²) in [7, 11) is -6.17. The molecule has 0 aliphatic heterocycles. The van der Waals surface area contributed by atoms with Crippen LogP contribution in [0.25, 0.3) is 0 Å². The molecule has 0 aliphatic carbocycles. The van der Waals surface area contributed by atoms with E-state index in [0.717, 1.165) is 29.8 Å². The Morgan fingerprint density at radius 3 is 0.643 bits per heavy atom. The van der Waals surface area contributed by atoms with Gasteiger partial charge in [0.15, 0.2) is 0 Å². The first-order chi connectivity index (χ1) is 5.97. The number of hydrogen-bond donors (Lipinski definition) is 0. The van der Waals surface area contributed by atoms with Crippen LogP contribution in [-0.2, 0) is 10.7 Å². The molecular weight excluding hydrogens is 239 g/mol. The molecule has 0 spiro atoms. The Labute approximate surface area is 89.5 Å². The van der Waals surface area contributed by atoms with Gasteiger partial charge in [0.1, 0.15) is 0 Å². The molecule has 0 saturated heterocycles. The van der Waals surface area contributed by atoms with Crippen LogP contribution < -0.4 is 0 Å². The van der Waals surface area contributed by atoms with Gasteiger partial charge >= 0.3 is 89.5 Å². The third-order valence-corrected chi connectivity index (χ3v) is 4.89. The van der Waals surface area contributed by atoms with E-state index in [2.05, 4.69) is 0 Å². The first-order valence-electron chi connectivity index (χ1n) is 2.40. The fraction of sp³-hybridized carbons (Fsp3) is 0. The topological polar surface area (TPSA) is 143 Å². The summed E-state index contributed by atoms with van der Waals surface area (Å²) in [4.78, 5) is 6.19. The van der Waals surface area contributed by atoms with Gasteiger partial charge in [0.05, 0.1) is 0 Å². The largest absolute Gasteiger partial charge is 3.00 e. The Morgan fingerprint density at radius 1 is 0.500 bits per heavy atom. The predicted octanol–water partition coefficient (Wildman–Crippen LogP) is -0.283. The second kappa shape index (κ2) is 3.04. The summed E-state index contributed by atoms with van der Waals surface area (Å²) in [6, 6.07) is 0. The Hall–Kier alpha value is -2.01. The van der Waals surface area contributed by atoms with E-state index in [1.807, 2.05) is 0 Å². The Morgan fingerprint density at radius 2 is 0.643 bits per heavy atom. The normalized spacial score (nSPS) is 12.4. The fourth-order valence-electron chi connectivity index (χ4n) is 0.265. The van der Waals surface area contributed by atoms with Crippen molar-refractivity contribution in [2.45, 2.75) is 0 Å². The van der Waals surface area contributed by atoms with Crippen LogP contribution in [0.3, 0.4) is 0 Å². The van der Waals surface area contributed by atoms with Crippen molar-refractivity contribution in [2.75, 3.05) is 0 Å². The number of hydrogen-bond acceptors (Lipinski definition) is 6. The summed E-state index contributed by atoms with van der Waals surface area (Å²) in [5, 5.41) is 51.5. The van der Waals surface area contributed by atoms with Crippen LogP contribution in [0.1, 0.15) is 0 Å². The van der Waals surface area contributed by atoms with Crippen molar-refractivity contribution in [3.05, 3.63) is 0 Å². The van der Waals surface area contributed by atoms with Crippen LogP contribution in [-0.4, -0.2) is 17.4 Å². The van der Waals surface area contributed by atoms with Crippen molar-refractivity contribution in [2.24, 2.45) is 0 Å². The van der Waals surface area contributed by atoms with Gasteiger partial charge in [-0.05, 0) is 0 Å². The molecule has 6 nitrogen and oxygen atoms in total. The van der Waals surface area contributed by atoms with Crippen molar-refractivity contribution in [3.63, 3.8) is 0 Å². The molecule has 0 saturated carbocycles. The zero-order valence-electron chi connectivity index (χ0n) is 6.61. The maximum absolute atomic E-state index is 8.58. The molecule has 65 valence electrons. The van der Waals surface area contributed by atoms with Gasteiger partial charge < -0.3 is 0 Å². The summed E-state index contributed by atoms with van der Waals surface area (Å²) in [5.41, 5.74) is 0. The fourth-order valence-corrected chi connectivity index (χ4v) is 1.09. The van der Waals surface area contributed by atoms with Crippen molar-refractivity contribution < 1.29 is 10.7 Å². The van der Waals surface area contributed by atoms with E-state index in [-0.39, 0.29) is 17.4 Å². The molecule has 0 radical (unpaired) electrons. The van der Waals surface area contributed by atoms with Crippen LogP contribution in [0.2, 0.25) is 0 Å². The SMILES string of the molecule is N#[C][Fe-3]([C]#N)([C]#N)([C]#N)([C]#N)[C]#N.[Al+3]. The predicted molar refractivity (Wildman–Crippen MR) is 39.4 cm³/mol. The molecule has 0 bridgehead atoms. The molecule has 8 heteroatoms. The second-order valence-corrected chi connectivity index (χ2v) is 7.42. The van der Waals surface area contributed by atoms with E-state index in [1.165, 1.54) is 0 Å². The number of rotatable bonds is 0. The standard InChI is InChI=1S/6CN.Al.Fe/c6*1-2;;/q;;;;;;+3;-3. The van der Waals surface area contributed by atoms with E-state index in [4.69, 9.17) is 31.6 Å². The van der Waals surface area contributed by atoms with Crippen molar-refractivity contribution in [3.8, 4) is 29.8 Å². The zero-order valence-corrected chi connectivity index (χ0v) is 8.87. The van der Waals surface area contributed by atoms with Gasteiger partial charge in [-0.3, -0.25) is 0 Å². The first kappa shape index (κ1) is 14.5. The van der Waals surface area contributed by atoms with Crippen LogP contribution in [0.15, 0.2) is 0 Å². The van der Waals surface area contributed by atoms with Crippen LogP contribution in [0.4, 0.5) is 0 Å². The van der Waals surface area contributed by atoms with E-state index < -0.39 is 10.7 Å². The number of nitriles is 6. The van der Waals surface area contributed by atoms with Gasteiger partial charge in [-0.1, -0.05) is 0 Å². The first-order valence-corrected chi connectivity index (χ1v) is 5.71. The molecule has 14 heavy (non-hydrogen) atoms. The van der Waals surface area contributed by atoms with Crippen LogP contribution in [0, 0.1) is 61.4 Å². The van der Waals surface area contributed by atoms with Crippen molar-refractivity contribution >= 4 is 17.4 Å². The van der Waals surface area contributed by atoms with Gasteiger partial charge in [0, 0.05) is 0 Å². The summed E-state index contributed by atoms with van der Waals surface area (Å²) >= 11 is 0. The second-order valence-electron chi connectivity index (χ2n) is 1.80. The van der Waals surface area contributed by atoms with Crippen molar-refractivity contribution in [1.29, 1.82) is 31.6 Å². The zero-order chi connectivity index (χ0) is 10.7.